The minimum Gasteiger partial charge on any atom is -0.497 e. The second kappa shape index (κ2) is 8.61. The van der Waals surface area contributed by atoms with Crippen LogP contribution in [0.2, 0.25) is 0 Å². The summed E-state index contributed by atoms with van der Waals surface area (Å²) in [5, 5.41) is 10.00. The summed E-state index contributed by atoms with van der Waals surface area (Å²) in [6.45, 7) is 6.26. The number of aryl methyl sites for hydroxylation is 1. The molecule has 0 fully saturated rings. The monoisotopic (exact) mass is 413 g/mol. The largest absolute Gasteiger partial charge is 0.497 e. The molecule has 1 aromatic heterocycles. The summed E-state index contributed by atoms with van der Waals surface area (Å²) in [5.41, 5.74) is 0.559. The normalized spacial score (nSPS) is 11.5. The van der Waals surface area contributed by atoms with Gasteiger partial charge < -0.3 is 19.5 Å². The second-order valence-corrected chi connectivity index (χ2v) is 7.89. The zero-order valence-electron chi connectivity index (χ0n) is 17.9. The number of alkyl carbamates (subject to hydrolysis) is 1. The van der Waals surface area contributed by atoms with E-state index in [4.69, 9.17) is 14.2 Å². The summed E-state index contributed by atoms with van der Waals surface area (Å²) in [5.74, 6) is 0.299. The molecule has 3 rings (SSSR count). The highest BCUT2D eigenvalue weighted by Gasteiger charge is 2.21. The molecular weight excluding hydrogens is 386 g/mol. The lowest BCUT2D eigenvalue weighted by Crippen LogP contribution is -2.33. The van der Waals surface area contributed by atoms with Gasteiger partial charge in [-0.2, -0.15) is 5.10 Å². The molecule has 1 heterocycles. The van der Waals surface area contributed by atoms with Gasteiger partial charge in [0, 0.05) is 23.9 Å². The topological polar surface area (TPSA) is 91.7 Å². The third-order valence-corrected chi connectivity index (χ3v) is 4.53. The lowest BCUT2D eigenvalue weighted by Gasteiger charge is -2.19. The van der Waals surface area contributed by atoms with Gasteiger partial charge in [0.1, 0.15) is 16.9 Å². The first-order valence-electron chi connectivity index (χ1n) is 9.76. The molecule has 2 aromatic carbocycles. The lowest BCUT2D eigenvalue weighted by atomic mass is 10.1. The average molecular weight is 413 g/mol. The lowest BCUT2D eigenvalue weighted by molar-refractivity contribution is 0.0522. The highest BCUT2D eigenvalue weighted by Crippen LogP contribution is 2.30. The summed E-state index contributed by atoms with van der Waals surface area (Å²) in [6, 6.07) is 9.52. The van der Waals surface area contributed by atoms with Gasteiger partial charge in [0.15, 0.2) is 5.69 Å². The molecule has 3 aromatic rings. The van der Waals surface area contributed by atoms with Crippen molar-refractivity contribution >= 4 is 33.7 Å². The maximum Gasteiger partial charge on any atom is 0.407 e. The van der Waals surface area contributed by atoms with Crippen molar-refractivity contribution in [3.05, 3.63) is 36.0 Å². The molecule has 0 saturated carbocycles. The quantitative estimate of drug-likeness (QED) is 0.487. The molecule has 1 amide bonds. The zero-order chi connectivity index (χ0) is 21.9. The first-order valence-corrected chi connectivity index (χ1v) is 9.76. The third-order valence-electron chi connectivity index (χ3n) is 4.53. The Labute approximate surface area is 175 Å². The number of benzene rings is 2. The van der Waals surface area contributed by atoms with E-state index in [0.717, 1.165) is 27.4 Å². The van der Waals surface area contributed by atoms with Crippen molar-refractivity contribution in [1.82, 2.24) is 15.1 Å². The molecule has 0 bridgehead atoms. The van der Waals surface area contributed by atoms with E-state index in [1.807, 2.05) is 51.1 Å². The van der Waals surface area contributed by atoms with Gasteiger partial charge in [-0.3, -0.25) is 4.68 Å². The first kappa shape index (κ1) is 21.4. The molecule has 0 aliphatic rings. The number of carbonyl (C=O) groups excluding carboxylic acids is 2. The molecule has 8 heteroatoms. The summed E-state index contributed by atoms with van der Waals surface area (Å²) < 4.78 is 17.1. The number of esters is 1. The molecule has 0 atom stereocenters. The third kappa shape index (κ3) is 4.64. The zero-order valence-corrected chi connectivity index (χ0v) is 17.9. The van der Waals surface area contributed by atoms with Crippen LogP contribution in [0.25, 0.3) is 21.7 Å². The van der Waals surface area contributed by atoms with Crippen molar-refractivity contribution in [2.45, 2.75) is 39.3 Å². The van der Waals surface area contributed by atoms with Crippen LogP contribution in [0.5, 0.6) is 5.75 Å². The second-order valence-electron chi connectivity index (χ2n) is 7.89. The number of ether oxygens (including phenoxy) is 3. The molecular formula is C22H27N3O5. The van der Waals surface area contributed by atoms with Crippen LogP contribution >= 0.6 is 0 Å². The van der Waals surface area contributed by atoms with Crippen molar-refractivity contribution < 1.29 is 23.8 Å². The van der Waals surface area contributed by atoms with E-state index in [9.17, 15) is 9.59 Å². The predicted molar refractivity (Wildman–Crippen MR) is 114 cm³/mol. The summed E-state index contributed by atoms with van der Waals surface area (Å²) in [7, 11) is 2.97. The molecule has 0 radical (unpaired) electrons. The Morgan fingerprint density at radius 3 is 2.50 bits per heavy atom. The van der Waals surface area contributed by atoms with Gasteiger partial charge in [-0.15, -0.1) is 0 Å². The van der Waals surface area contributed by atoms with E-state index in [1.54, 1.807) is 11.8 Å². The van der Waals surface area contributed by atoms with Gasteiger partial charge in [-0.25, -0.2) is 9.59 Å². The van der Waals surface area contributed by atoms with E-state index < -0.39 is 17.7 Å². The minimum absolute atomic E-state index is 0.391. The van der Waals surface area contributed by atoms with Gasteiger partial charge in [0.25, 0.3) is 0 Å². The molecule has 1 N–H and O–H groups in total. The van der Waals surface area contributed by atoms with E-state index in [2.05, 4.69) is 10.4 Å². The SMILES string of the molecule is COC(=O)c1c2ccc3cc(OC)ccc3c2nn1CCCNC(=O)OC(C)(C)C. The standard InChI is InChI=1S/C22H27N3O5/c1-22(2,3)30-21(27)23-11-6-12-25-19(20(26)29-5)17-9-7-14-13-15(28-4)8-10-16(14)18(17)24-25/h7-10,13H,6,11-12H2,1-5H3,(H,23,27). The van der Waals surface area contributed by atoms with Crippen LogP contribution in [0, 0.1) is 0 Å². The van der Waals surface area contributed by atoms with E-state index in [-0.39, 0.29) is 0 Å². The number of fused-ring (bicyclic) bond motifs is 3. The number of carbonyl (C=O) groups is 2. The van der Waals surface area contributed by atoms with Crippen LogP contribution in [-0.2, 0) is 16.0 Å². The number of methoxy groups -OCH3 is 2. The fraction of sp³-hybridized carbons (Fsp3) is 0.409. The number of hydrogen-bond acceptors (Lipinski definition) is 6. The van der Waals surface area contributed by atoms with Gasteiger partial charge in [0.2, 0.25) is 0 Å². The van der Waals surface area contributed by atoms with Gasteiger partial charge in [0.05, 0.1) is 14.2 Å². The molecule has 8 nitrogen and oxygen atoms in total. The molecule has 0 aliphatic heterocycles. The van der Waals surface area contributed by atoms with Crippen molar-refractivity contribution in [2.75, 3.05) is 20.8 Å². The van der Waals surface area contributed by atoms with Crippen molar-refractivity contribution in [1.29, 1.82) is 0 Å². The summed E-state index contributed by atoms with van der Waals surface area (Å²) in [6.07, 6.45) is 0.101. The fourth-order valence-electron chi connectivity index (χ4n) is 3.23. The summed E-state index contributed by atoms with van der Waals surface area (Å²) >= 11 is 0. The minimum atomic E-state index is -0.550. The summed E-state index contributed by atoms with van der Waals surface area (Å²) in [4.78, 5) is 24.2. The molecule has 160 valence electrons. The average Bonchev–Trinajstić information content (AvgIpc) is 3.07. The Bertz CT molecular complexity index is 1080. The Kier molecular flexibility index (Phi) is 6.14. The van der Waals surface area contributed by atoms with Crippen LogP contribution in [0.1, 0.15) is 37.7 Å². The van der Waals surface area contributed by atoms with E-state index >= 15 is 0 Å². The van der Waals surface area contributed by atoms with Crippen molar-refractivity contribution in [3.8, 4) is 5.75 Å². The van der Waals surface area contributed by atoms with Crippen LogP contribution < -0.4 is 10.1 Å². The van der Waals surface area contributed by atoms with Crippen molar-refractivity contribution in [2.24, 2.45) is 0 Å². The van der Waals surface area contributed by atoms with Crippen molar-refractivity contribution in [3.63, 3.8) is 0 Å². The Balaban J connectivity index is 1.85. The molecule has 0 unspecified atom stereocenters. The van der Waals surface area contributed by atoms with Crippen LogP contribution in [-0.4, -0.2) is 48.2 Å². The maximum atomic E-state index is 12.5. The Hall–Kier alpha value is -3.29. The highest BCUT2D eigenvalue weighted by atomic mass is 16.6. The molecule has 30 heavy (non-hydrogen) atoms. The van der Waals surface area contributed by atoms with Gasteiger partial charge >= 0.3 is 12.1 Å². The van der Waals surface area contributed by atoms with Crippen LogP contribution in [0.15, 0.2) is 30.3 Å². The number of rotatable bonds is 6. The number of hydrogen-bond donors (Lipinski definition) is 1. The maximum absolute atomic E-state index is 12.5. The fourth-order valence-corrected chi connectivity index (χ4v) is 3.23. The molecule has 0 saturated heterocycles. The number of nitrogens with zero attached hydrogens (tertiary/aromatic N) is 2. The smallest absolute Gasteiger partial charge is 0.407 e. The van der Waals surface area contributed by atoms with Crippen LogP contribution in [0.3, 0.4) is 0 Å². The van der Waals surface area contributed by atoms with Gasteiger partial charge in [-0.05, 0) is 56.8 Å². The Morgan fingerprint density at radius 2 is 1.83 bits per heavy atom. The van der Waals surface area contributed by atoms with Gasteiger partial charge in [-0.1, -0.05) is 6.07 Å². The molecule has 0 spiro atoms. The van der Waals surface area contributed by atoms with E-state index in [0.29, 0.717) is 25.2 Å². The van der Waals surface area contributed by atoms with E-state index in [1.165, 1.54) is 7.11 Å². The number of aromatic nitrogens is 2. The first-order chi connectivity index (χ1) is 14.2. The number of amides is 1. The predicted octanol–water partition coefficient (Wildman–Crippen LogP) is 3.90. The highest BCUT2D eigenvalue weighted by molar-refractivity contribution is 6.12. The molecule has 0 aliphatic carbocycles. The van der Waals surface area contributed by atoms with Crippen LogP contribution in [0.4, 0.5) is 4.79 Å². The Morgan fingerprint density at radius 1 is 1.10 bits per heavy atom. The number of nitrogens with one attached hydrogen (secondary N) is 1.